The van der Waals surface area contributed by atoms with Crippen LogP contribution >= 0.6 is 27.7 Å². The topological polar surface area (TPSA) is 70.7 Å². The Labute approximate surface area is 136 Å². The SMILES string of the molecule is Cc1ccc(NC(=O)CSc2n[nH]c(C(C)C)n2)c(Br)c1. The van der Waals surface area contributed by atoms with Gasteiger partial charge < -0.3 is 5.32 Å². The number of anilines is 1. The van der Waals surface area contributed by atoms with Crippen LogP contribution in [0.25, 0.3) is 0 Å². The lowest BCUT2D eigenvalue weighted by Gasteiger charge is -2.07. The minimum absolute atomic E-state index is 0.0829. The number of H-pyrrole nitrogens is 1. The van der Waals surface area contributed by atoms with Crippen LogP contribution in [0.15, 0.2) is 27.8 Å². The van der Waals surface area contributed by atoms with Crippen LogP contribution in [0.3, 0.4) is 0 Å². The molecule has 2 rings (SSSR count). The second-order valence-electron chi connectivity index (χ2n) is 4.98. The highest BCUT2D eigenvalue weighted by Gasteiger charge is 2.10. The molecule has 0 bridgehead atoms. The van der Waals surface area contributed by atoms with Gasteiger partial charge in [-0.15, -0.1) is 5.10 Å². The first kappa shape index (κ1) is 16.0. The molecule has 1 heterocycles. The van der Waals surface area contributed by atoms with E-state index in [1.54, 1.807) is 0 Å². The Balaban J connectivity index is 1.89. The molecule has 112 valence electrons. The zero-order valence-corrected chi connectivity index (χ0v) is 14.5. The average Bonchev–Trinajstić information content (AvgIpc) is 2.89. The van der Waals surface area contributed by atoms with E-state index in [1.807, 2.05) is 39.0 Å². The van der Waals surface area contributed by atoms with Crippen molar-refractivity contribution in [1.29, 1.82) is 0 Å². The zero-order chi connectivity index (χ0) is 15.4. The number of amides is 1. The van der Waals surface area contributed by atoms with Gasteiger partial charge >= 0.3 is 0 Å². The van der Waals surface area contributed by atoms with Crippen LogP contribution in [0.1, 0.15) is 31.2 Å². The van der Waals surface area contributed by atoms with Crippen molar-refractivity contribution in [2.75, 3.05) is 11.1 Å². The summed E-state index contributed by atoms with van der Waals surface area (Å²) in [6.45, 7) is 6.08. The van der Waals surface area contributed by atoms with Crippen molar-refractivity contribution in [1.82, 2.24) is 15.2 Å². The fourth-order valence-corrected chi connectivity index (χ4v) is 2.82. The lowest BCUT2D eigenvalue weighted by atomic mass is 10.2. The van der Waals surface area contributed by atoms with Gasteiger partial charge in [0, 0.05) is 10.4 Å². The first-order chi connectivity index (χ1) is 9.95. The molecule has 0 fully saturated rings. The third-order valence-corrected chi connectivity index (χ3v) is 4.26. The van der Waals surface area contributed by atoms with E-state index in [4.69, 9.17) is 0 Å². The summed E-state index contributed by atoms with van der Waals surface area (Å²) in [5.41, 5.74) is 1.90. The average molecular weight is 369 g/mol. The second-order valence-corrected chi connectivity index (χ2v) is 6.77. The Morgan fingerprint density at radius 2 is 2.24 bits per heavy atom. The summed E-state index contributed by atoms with van der Waals surface area (Å²) in [6.07, 6.45) is 0. The van der Waals surface area contributed by atoms with Crippen LogP contribution in [0.5, 0.6) is 0 Å². The minimum Gasteiger partial charge on any atom is -0.324 e. The van der Waals surface area contributed by atoms with E-state index in [9.17, 15) is 4.79 Å². The van der Waals surface area contributed by atoms with Crippen LogP contribution in [-0.4, -0.2) is 26.8 Å². The Hall–Kier alpha value is -1.34. The predicted molar refractivity (Wildman–Crippen MR) is 88.7 cm³/mol. The van der Waals surface area contributed by atoms with E-state index >= 15 is 0 Å². The molecule has 0 unspecified atom stereocenters. The molecule has 0 aliphatic rings. The van der Waals surface area contributed by atoms with Gasteiger partial charge in [0.15, 0.2) is 0 Å². The van der Waals surface area contributed by atoms with E-state index in [0.717, 1.165) is 21.5 Å². The van der Waals surface area contributed by atoms with Gasteiger partial charge in [-0.25, -0.2) is 4.98 Å². The number of aromatic amines is 1. The third-order valence-electron chi connectivity index (χ3n) is 2.76. The maximum atomic E-state index is 11.9. The first-order valence-electron chi connectivity index (χ1n) is 6.57. The summed E-state index contributed by atoms with van der Waals surface area (Å²) >= 11 is 4.75. The van der Waals surface area contributed by atoms with E-state index in [1.165, 1.54) is 11.8 Å². The number of aromatic nitrogens is 3. The Morgan fingerprint density at radius 3 is 2.86 bits per heavy atom. The largest absolute Gasteiger partial charge is 0.324 e. The van der Waals surface area contributed by atoms with Gasteiger partial charge in [-0.2, -0.15) is 0 Å². The fourth-order valence-electron chi connectivity index (χ4n) is 1.62. The summed E-state index contributed by atoms with van der Waals surface area (Å²) in [6, 6.07) is 5.80. The monoisotopic (exact) mass is 368 g/mol. The van der Waals surface area contributed by atoms with Gasteiger partial charge in [-0.1, -0.05) is 31.7 Å². The Kier molecular flexibility index (Phi) is 5.41. The molecular weight excluding hydrogens is 352 g/mol. The molecule has 2 aromatic rings. The van der Waals surface area contributed by atoms with Crippen molar-refractivity contribution >= 4 is 39.3 Å². The van der Waals surface area contributed by atoms with Gasteiger partial charge in [0.05, 0.1) is 11.4 Å². The Morgan fingerprint density at radius 1 is 1.48 bits per heavy atom. The van der Waals surface area contributed by atoms with Crippen molar-refractivity contribution < 1.29 is 4.79 Å². The summed E-state index contributed by atoms with van der Waals surface area (Å²) in [4.78, 5) is 16.3. The highest BCUT2D eigenvalue weighted by molar-refractivity contribution is 9.10. The number of nitrogens with one attached hydrogen (secondary N) is 2. The van der Waals surface area contributed by atoms with Crippen LogP contribution in [0.4, 0.5) is 5.69 Å². The fraction of sp³-hybridized carbons (Fsp3) is 0.357. The van der Waals surface area contributed by atoms with E-state index < -0.39 is 0 Å². The maximum Gasteiger partial charge on any atom is 0.234 e. The van der Waals surface area contributed by atoms with Crippen molar-refractivity contribution in [2.24, 2.45) is 0 Å². The number of benzene rings is 1. The van der Waals surface area contributed by atoms with E-state index in [-0.39, 0.29) is 11.7 Å². The Bertz CT molecular complexity index is 642. The molecule has 0 atom stereocenters. The quantitative estimate of drug-likeness (QED) is 0.788. The molecule has 21 heavy (non-hydrogen) atoms. The van der Waals surface area contributed by atoms with Crippen LogP contribution < -0.4 is 5.32 Å². The number of hydrogen-bond acceptors (Lipinski definition) is 4. The number of carbonyl (C=O) groups excluding carboxylic acids is 1. The smallest absolute Gasteiger partial charge is 0.234 e. The van der Waals surface area contributed by atoms with Crippen molar-refractivity contribution in [3.8, 4) is 0 Å². The van der Waals surface area contributed by atoms with Gasteiger partial charge in [0.25, 0.3) is 0 Å². The number of rotatable bonds is 5. The van der Waals surface area contributed by atoms with E-state index in [2.05, 4.69) is 36.4 Å². The van der Waals surface area contributed by atoms with Gasteiger partial charge in [0.1, 0.15) is 5.82 Å². The summed E-state index contributed by atoms with van der Waals surface area (Å²) in [5.74, 6) is 1.32. The van der Waals surface area contributed by atoms with Crippen molar-refractivity contribution in [3.63, 3.8) is 0 Å². The van der Waals surface area contributed by atoms with Crippen LogP contribution in [0.2, 0.25) is 0 Å². The molecule has 0 saturated heterocycles. The molecule has 0 saturated carbocycles. The number of aryl methyl sites for hydroxylation is 1. The standard InChI is InChI=1S/C14H17BrN4OS/c1-8(2)13-17-14(19-18-13)21-7-12(20)16-11-5-4-9(3)6-10(11)15/h4-6,8H,7H2,1-3H3,(H,16,20)(H,17,18,19). The molecule has 7 heteroatoms. The van der Waals surface area contributed by atoms with Crippen LogP contribution in [-0.2, 0) is 4.79 Å². The molecule has 1 aromatic carbocycles. The van der Waals surface area contributed by atoms with Gasteiger partial charge in [0.2, 0.25) is 11.1 Å². The summed E-state index contributed by atoms with van der Waals surface area (Å²) < 4.78 is 0.876. The number of halogens is 1. The maximum absolute atomic E-state index is 11.9. The predicted octanol–water partition coefficient (Wildman–Crippen LogP) is 3.73. The molecule has 1 aromatic heterocycles. The van der Waals surface area contributed by atoms with Crippen molar-refractivity contribution in [3.05, 3.63) is 34.1 Å². The molecule has 0 aliphatic carbocycles. The number of hydrogen-bond donors (Lipinski definition) is 2. The number of thioether (sulfide) groups is 1. The highest BCUT2D eigenvalue weighted by Crippen LogP contribution is 2.24. The van der Waals surface area contributed by atoms with Crippen molar-refractivity contribution in [2.45, 2.75) is 31.8 Å². The molecule has 5 nitrogen and oxygen atoms in total. The molecule has 0 radical (unpaired) electrons. The van der Waals surface area contributed by atoms with Gasteiger partial charge in [-0.05, 0) is 40.5 Å². The molecular formula is C14H17BrN4OS. The molecule has 2 N–H and O–H groups in total. The van der Waals surface area contributed by atoms with Crippen LogP contribution in [0, 0.1) is 6.92 Å². The lowest BCUT2D eigenvalue weighted by Crippen LogP contribution is -2.14. The number of nitrogens with zero attached hydrogens (tertiary/aromatic N) is 2. The zero-order valence-electron chi connectivity index (χ0n) is 12.1. The minimum atomic E-state index is -0.0829. The van der Waals surface area contributed by atoms with Gasteiger partial charge in [-0.3, -0.25) is 9.89 Å². The van der Waals surface area contributed by atoms with E-state index in [0.29, 0.717) is 11.1 Å². The first-order valence-corrected chi connectivity index (χ1v) is 8.34. The second kappa shape index (κ2) is 7.09. The third kappa shape index (κ3) is 4.57. The molecule has 1 amide bonds. The molecule has 0 spiro atoms. The lowest BCUT2D eigenvalue weighted by molar-refractivity contribution is -0.113. The summed E-state index contributed by atoms with van der Waals surface area (Å²) in [7, 11) is 0. The number of carbonyl (C=O) groups is 1. The summed E-state index contributed by atoms with van der Waals surface area (Å²) in [5, 5.41) is 10.4. The molecule has 0 aliphatic heterocycles. The normalized spacial score (nSPS) is 10.9. The highest BCUT2D eigenvalue weighted by atomic mass is 79.9.